The number of benzene rings is 2. The Balaban J connectivity index is 1.75. The van der Waals surface area contributed by atoms with Gasteiger partial charge in [0, 0.05) is 13.2 Å². The largest absolute Gasteiger partial charge is 0.279 e. The minimum atomic E-state index is -4.03. The van der Waals surface area contributed by atoms with Crippen LogP contribution in [0, 0.1) is 6.92 Å². The van der Waals surface area contributed by atoms with E-state index in [9.17, 15) is 18.0 Å². The number of nitrogens with one attached hydrogen (secondary N) is 1. The molecule has 2 aromatic carbocycles. The van der Waals surface area contributed by atoms with Crippen molar-refractivity contribution in [2.45, 2.75) is 38.0 Å². The lowest BCUT2D eigenvalue weighted by Crippen LogP contribution is -2.30. The van der Waals surface area contributed by atoms with Crippen LogP contribution in [0.4, 0.5) is 11.4 Å². The van der Waals surface area contributed by atoms with Crippen LogP contribution in [-0.2, 0) is 22.5 Å². The summed E-state index contributed by atoms with van der Waals surface area (Å²) < 4.78 is 30.1. The van der Waals surface area contributed by atoms with E-state index in [0.717, 1.165) is 10.5 Å². The maximum absolute atomic E-state index is 13.3. The third-order valence-electron chi connectivity index (χ3n) is 5.49. The quantitative estimate of drug-likeness (QED) is 0.554. The van der Waals surface area contributed by atoms with Crippen LogP contribution < -0.4 is 9.62 Å². The summed E-state index contributed by atoms with van der Waals surface area (Å²) in [5.74, 6) is -1.30. The van der Waals surface area contributed by atoms with Gasteiger partial charge >= 0.3 is 0 Å². The molecule has 4 rings (SSSR count). The molecule has 0 bridgehead atoms. The second-order valence-electron chi connectivity index (χ2n) is 8.94. The molecule has 0 saturated carbocycles. The fraction of sp³-hybridized carbons (Fsp3) is 0.261. The number of imide groups is 1. The first-order valence-electron chi connectivity index (χ1n) is 10.2. The van der Waals surface area contributed by atoms with Crippen molar-refractivity contribution in [3.63, 3.8) is 0 Å². The summed E-state index contributed by atoms with van der Waals surface area (Å²) in [6.07, 6.45) is 1.55. The van der Waals surface area contributed by atoms with E-state index in [1.54, 1.807) is 32.3 Å². The minimum absolute atomic E-state index is 0.0170. The maximum Gasteiger partial charge on any atom is 0.268 e. The molecular weight excluding hydrogens is 464 g/mol. The number of amides is 2. The van der Waals surface area contributed by atoms with Crippen LogP contribution >= 0.6 is 11.6 Å². The number of carbonyl (C=O) groups is 2. The Kier molecular flexibility index (Phi) is 5.37. The summed E-state index contributed by atoms with van der Waals surface area (Å²) >= 11 is 6.25. The smallest absolute Gasteiger partial charge is 0.268 e. The highest BCUT2D eigenvalue weighted by Gasteiger charge is 2.42. The predicted octanol–water partition coefficient (Wildman–Crippen LogP) is 4.28. The molecule has 2 heterocycles. The molecule has 3 aromatic rings. The zero-order valence-electron chi connectivity index (χ0n) is 18.8. The summed E-state index contributed by atoms with van der Waals surface area (Å²) in [7, 11) is -2.36. The van der Waals surface area contributed by atoms with Gasteiger partial charge < -0.3 is 0 Å². The van der Waals surface area contributed by atoms with Gasteiger partial charge in [-0.25, -0.2) is 13.3 Å². The molecule has 0 fully saturated rings. The topological polar surface area (TPSA) is 101 Å². The zero-order valence-corrected chi connectivity index (χ0v) is 20.4. The molecule has 8 nitrogen and oxygen atoms in total. The van der Waals surface area contributed by atoms with E-state index in [2.05, 4.69) is 9.82 Å². The number of nitrogens with zero attached hydrogens (tertiary/aromatic N) is 3. The van der Waals surface area contributed by atoms with E-state index in [-0.39, 0.29) is 32.1 Å². The van der Waals surface area contributed by atoms with Gasteiger partial charge in [0.05, 0.1) is 38.1 Å². The first-order valence-corrected chi connectivity index (χ1v) is 12.0. The van der Waals surface area contributed by atoms with Crippen LogP contribution in [0.25, 0.3) is 0 Å². The van der Waals surface area contributed by atoms with Gasteiger partial charge in [-0.3, -0.25) is 19.0 Å². The van der Waals surface area contributed by atoms with Crippen molar-refractivity contribution in [3.8, 4) is 0 Å². The van der Waals surface area contributed by atoms with E-state index in [1.165, 1.54) is 28.9 Å². The van der Waals surface area contributed by atoms with E-state index >= 15 is 0 Å². The lowest BCUT2D eigenvalue weighted by molar-refractivity contribution is 0.0926. The summed E-state index contributed by atoms with van der Waals surface area (Å²) in [6.45, 7) is 7.77. The van der Waals surface area contributed by atoms with Gasteiger partial charge in [0.25, 0.3) is 21.8 Å². The highest BCUT2D eigenvalue weighted by molar-refractivity contribution is 7.92. The molecule has 1 N–H and O–H groups in total. The Morgan fingerprint density at radius 1 is 0.970 bits per heavy atom. The van der Waals surface area contributed by atoms with Crippen LogP contribution in [-0.4, -0.2) is 30.0 Å². The van der Waals surface area contributed by atoms with Gasteiger partial charge in [0.1, 0.15) is 0 Å². The standard InChI is InChI=1S/C23H23ClN4O4S/c1-13-18(12-27(5)25-13)28-21(29)19-16(24)10-11-17(20(19)22(28)30)26-33(31,32)15-8-6-14(7-9-15)23(2,3)4/h6-12,26H,1-5H3. The van der Waals surface area contributed by atoms with Crippen molar-refractivity contribution < 1.29 is 18.0 Å². The van der Waals surface area contributed by atoms with Crippen LogP contribution in [0.2, 0.25) is 5.02 Å². The lowest BCUT2D eigenvalue weighted by Gasteiger charge is -2.19. The number of aryl methyl sites for hydroxylation is 2. The first-order chi connectivity index (χ1) is 15.3. The van der Waals surface area contributed by atoms with Gasteiger partial charge in [-0.2, -0.15) is 5.10 Å². The van der Waals surface area contributed by atoms with Crippen LogP contribution in [0.1, 0.15) is 52.7 Å². The molecule has 33 heavy (non-hydrogen) atoms. The Morgan fingerprint density at radius 3 is 2.12 bits per heavy atom. The fourth-order valence-electron chi connectivity index (χ4n) is 3.77. The van der Waals surface area contributed by atoms with E-state index in [4.69, 9.17) is 11.6 Å². The van der Waals surface area contributed by atoms with E-state index in [0.29, 0.717) is 11.4 Å². The van der Waals surface area contributed by atoms with E-state index in [1.807, 2.05) is 20.8 Å². The third kappa shape index (κ3) is 3.91. The van der Waals surface area contributed by atoms with Crippen molar-refractivity contribution in [1.29, 1.82) is 0 Å². The Hall–Kier alpha value is -3.17. The molecule has 0 atom stereocenters. The lowest BCUT2D eigenvalue weighted by atomic mass is 9.87. The van der Waals surface area contributed by atoms with Crippen molar-refractivity contribution in [1.82, 2.24) is 9.78 Å². The predicted molar refractivity (Wildman–Crippen MR) is 126 cm³/mol. The van der Waals surface area contributed by atoms with Gasteiger partial charge in [-0.1, -0.05) is 44.5 Å². The Labute approximate surface area is 197 Å². The number of hydrogen-bond donors (Lipinski definition) is 1. The van der Waals surface area contributed by atoms with Crippen molar-refractivity contribution in [3.05, 3.63) is 70.0 Å². The maximum atomic E-state index is 13.3. The summed E-state index contributed by atoms with van der Waals surface area (Å²) in [5.41, 5.74) is 1.48. The molecule has 0 saturated heterocycles. The molecular formula is C23H23ClN4O4S. The fourth-order valence-corrected chi connectivity index (χ4v) is 5.08. The molecule has 0 spiro atoms. The molecule has 1 aromatic heterocycles. The minimum Gasteiger partial charge on any atom is -0.279 e. The Morgan fingerprint density at radius 2 is 1.58 bits per heavy atom. The number of anilines is 2. The summed E-state index contributed by atoms with van der Waals surface area (Å²) in [5, 5.41) is 4.24. The van der Waals surface area contributed by atoms with Crippen LogP contribution in [0.15, 0.2) is 47.5 Å². The molecule has 0 radical (unpaired) electrons. The van der Waals surface area contributed by atoms with Gasteiger partial charge in [-0.15, -0.1) is 0 Å². The molecule has 0 unspecified atom stereocenters. The molecule has 172 valence electrons. The second kappa shape index (κ2) is 7.71. The van der Waals surface area contributed by atoms with Crippen molar-refractivity contribution in [2.75, 3.05) is 9.62 Å². The van der Waals surface area contributed by atoms with Crippen LogP contribution in [0.5, 0.6) is 0 Å². The van der Waals surface area contributed by atoms with E-state index < -0.39 is 21.8 Å². The summed E-state index contributed by atoms with van der Waals surface area (Å²) in [4.78, 5) is 27.4. The number of rotatable bonds is 4. The summed E-state index contributed by atoms with van der Waals surface area (Å²) in [6, 6.07) is 9.30. The SMILES string of the molecule is Cc1nn(C)cc1N1C(=O)c2c(Cl)ccc(NS(=O)(=O)c3ccc(C(C)(C)C)cc3)c2C1=O. The molecule has 0 aliphatic carbocycles. The second-order valence-corrected chi connectivity index (χ2v) is 11.0. The van der Waals surface area contributed by atoms with Gasteiger partial charge in [-0.05, 0) is 42.2 Å². The zero-order chi connectivity index (χ0) is 24.3. The van der Waals surface area contributed by atoms with Gasteiger partial charge in [0.2, 0.25) is 0 Å². The number of fused-ring (bicyclic) bond motifs is 1. The number of aromatic nitrogens is 2. The Bertz CT molecular complexity index is 1400. The highest BCUT2D eigenvalue weighted by atomic mass is 35.5. The molecule has 10 heteroatoms. The third-order valence-corrected chi connectivity index (χ3v) is 7.19. The molecule has 1 aliphatic rings. The molecule has 1 aliphatic heterocycles. The normalized spacial score (nSPS) is 14.1. The number of halogens is 1. The van der Waals surface area contributed by atoms with Crippen LogP contribution in [0.3, 0.4) is 0 Å². The van der Waals surface area contributed by atoms with Crippen molar-refractivity contribution in [2.24, 2.45) is 7.05 Å². The highest BCUT2D eigenvalue weighted by Crippen LogP contribution is 2.38. The van der Waals surface area contributed by atoms with Crippen molar-refractivity contribution >= 4 is 44.8 Å². The molecule has 2 amide bonds. The van der Waals surface area contributed by atoms with Gasteiger partial charge in [0.15, 0.2) is 0 Å². The number of carbonyl (C=O) groups excluding carboxylic acids is 2. The number of sulfonamides is 1. The average molecular weight is 487 g/mol. The average Bonchev–Trinajstić information content (AvgIpc) is 3.18. The monoisotopic (exact) mass is 486 g/mol. The number of hydrogen-bond acceptors (Lipinski definition) is 5. The first kappa shape index (κ1) is 23.0.